The number of halogens is 1. The Morgan fingerprint density at radius 1 is 1.29 bits per heavy atom. The molecule has 1 aromatic rings. The van der Waals surface area contributed by atoms with E-state index >= 15 is 0 Å². The van der Waals surface area contributed by atoms with Crippen molar-refractivity contribution in [2.24, 2.45) is 10.9 Å². The SMILES string of the molecule is CN=C(NCC1(c2cccc(Cl)c2)CC1)NC1CCN(CC2CCOC2)CC1. The number of guanidine groups is 1. The van der Waals surface area contributed by atoms with Gasteiger partial charge in [-0.2, -0.15) is 0 Å². The van der Waals surface area contributed by atoms with Gasteiger partial charge in [-0.25, -0.2) is 0 Å². The van der Waals surface area contributed by atoms with Gasteiger partial charge >= 0.3 is 0 Å². The highest BCUT2D eigenvalue weighted by Gasteiger charge is 2.44. The number of aliphatic imine (C=N–C) groups is 1. The standard InChI is InChI=1S/C22H33ClN4O/c1-24-21(25-16-22(8-9-22)18-3-2-4-19(23)13-18)26-20-5-10-27(11-6-20)14-17-7-12-28-15-17/h2-4,13,17,20H,5-12,14-16H2,1H3,(H2,24,25,26). The predicted octanol–water partition coefficient (Wildman–Crippen LogP) is 3.04. The Labute approximate surface area is 173 Å². The topological polar surface area (TPSA) is 48.9 Å². The molecule has 0 aromatic heterocycles. The third-order valence-electron chi connectivity index (χ3n) is 6.58. The second-order valence-corrected chi connectivity index (χ2v) is 9.10. The van der Waals surface area contributed by atoms with E-state index in [1.807, 2.05) is 13.1 Å². The van der Waals surface area contributed by atoms with Gasteiger partial charge < -0.3 is 20.3 Å². The molecule has 0 spiro atoms. The van der Waals surface area contributed by atoms with Crippen molar-refractivity contribution in [1.82, 2.24) is 15.5 Å². The second kappa shape index (κ2) is 9.02. The van der Waals surface area contributed by atoms with Gasteiger partial charge in [0.15, 0.2) is 5.96 Å². The zero-order valence-corrected chi connectivity index (χ0v) is 17.7. The van der Waals surface area contributed by atoms with Crippen LogP contribution in [0.25, 0.3) is 0 Å². The molecule has 1 aliphatic carbocycles. The van der Waals surface area contributed by atoms with Crippen LogP contribution in [0.1, 0.15) is 37.7 Å². The van der Waals surface area contributed by atoms with Crippen molar-refractivity contribution in [2.45, 2.75) is 43.6 Å². The fourth-order valence-corrected chi connectivity index (χ4v) is 4.72. The van der Waals surface area contributed by atoms with E-state index in [1.54, 1.807) is 0 Å². The van der Waals surface area contributed by atoms with Gasteiger partial charge in [-0.15, -0.1) is 0 Å². The van der Waals surface area contributed by atoms with Crippen molar-refractivity contribution in [1.29, 1.82) is 0 Å². The molecule has 3 fully saturated rings. The quantitative estimate of drug-likeness (QED) is 0.565. The molecule has 3 aliphatic rings. The van der Waals surface area contributed by atoms with Gasteiger partial charge in [0.25, 0.3) is 0 Å². The molecule has 0 bridgehead atoms. The zero-order valence-electron chi connectivity index (χ0n) is 16.9. The normalized spacial score (nSPS) is 25.6. The first-order chi connectivity index (χ1) is 13.7. The third-order valence-corrected chi connectivity index (χ3v) is 6.81. The second-order valence-electron chi connectivity index (χ2n) is 8.67. The Bertz CT molecular complexity index is 677. The van der Waals surface area contributed by atoms with E-state index in [-0.39, 0.29) is 5.41 Å². The van der Waals surface area contributed by atoms with Crippen LogP contribution in [0.5, 0.6) is 0 Å². The summed E-state index contributed by atoms with van der Waals surface area (Å²) in [6.45, 7) is 6.33. The lowest BCUT2D eigenvalue weighted by molar-refractivity contribution is 0.150. The number of hydrogen-bond acceptors (Lipinski definition) is 3. The minimum atomic E-state index is 0.217. The Morgan fingerprint density at radius 3 is 2.75 bits per heavy atom. The summed E-state index contributed by atoms with van der Waals surface area (Å²) in [4.78, 5) is 7.07. The first kappa shape index (κ1) is 20.0. The summed E-state index contributed by atoms with van der Waals surface area (Å²) in [5.74, 6) is 1.66. The predicted molar refractivity (Wildman–Crippen MR) is 115 cm³/mol. The summed E-state index contributed by atoms with van der Waals surface area (Å²) in [7, 11) is 1.86. The van der Waals surface area contributed by atoms with E-state index in [0.29, 0.717) is 6.04 Å². The monoisotopic (exact) mass is 404 g/mol. The Balaban J connectivity index is 1.22. The molecule has 1 unspecified atom stereocenters. The summed E-state index contributed by atoms with van der Waals surface area (Å²) in [5, 5.41) is 8.04. The molecule has 2 N–H and O–H groups in total. The van der Waals surface area contributed by atoms with Gasteiger partial charge in [0.05, 0.1) is 6.61 Å². The molecule has 2 aliphatic heterocycles. The fourth-order valence-electron chi connectivity index (χ4n) is 4.53. The van der Waals surface area contributed by atoms with Crippen LogP contribution in [-0.4, -0.2) is 63.3 Å². The van der Waals surface area contributed by atoms with Crippen molar-refractivity contribution in [3.8, 4) is 0 Å². The molecule has 28 heavy (non-hydrogen) atoms. The number of nitrogens with one attached hydrogen (secondary N) is 2. The molecule has 6 heteroatoms. The maximum atomic E-state index is 6.20. The van der Waals surface area contributed by atoms with E-state index in [9.17, 15) is 0 Å². The van der Waals surface area contributed by atoms with Crippen LogP contribution in [0.4, 0.5) is 0 Å². The van der Waals surface area contributed by atoms with Crippen LogP contribution < -0.4 is 10.6 Å². The van der Waals surface area contributed by atoms with Crippen LogP contribution >= 0.6 is 11.6 Å². The van der Waals surface area contributed by atoms with Crippen molar-refractivity contribution in [3.63, 3.8) is 0 Å². The minimum Gasteiger partial charge on any atom is -0.381 e. The molecular formula is C22H33ClN4O. The van der Waals surface area contributed by atoms with Gasteiger partial charge in [-0.3, -0.25) is 4.99 Å². The number of rotatable bonds is 6. The summed E-state index contributed by atoms with van der Waals surface area (Å²) in [5.41, 5.74) is 1.56. The third kappa shape index (κ3) is 5.00. The van der Waals surface area contributed by atoms with Crippen LogP contribution in [0.15, 0.2) is 29.3 Å². The largest absolute Gasteiger partial charge is 0.381 e. The lowest BCUT2D eigenvalue weighted by atomic mass is 9.96. The van der Waals surface area contributed by atoms with Gasteiger partial charge in [-0.1, -0.05) is 23.7 Å². The highest BCUT2D eigenvalue weighted by atomic mass is 35.5. The summed E-state index contributed by atoms with van der Waals surface area (Å²) in [6.07, 6.45) is 5.99. The van der Waals surface area contributed by atoms with Gasteiger partial charge in [0.2, 0.25) is 0 Å². The van der Waals surface area contributed by atoms with Crippen molar-refractivity contribution < 1.29 is 4.74 Å². The van der Waals surface area contributed by atoms with E-state index in [4.69, 9.17) is 16.3 Å². The molecule has 2 saturated heterocycles. The van der Waals surface area contributed by atoms with E-state index in [1.165, 1.54) is 44.2 Å². The molecule has 4 rings (SSSR count). The maximum absolute atomic E-state index is 6.20. The number of piperidine rings is 1. The van der Waals surface area contributed by atoms with Gasteiger partial charge in [0, 0.05) is 56.3 Å². The number of ether oxygens (including phenoxy) is 1. The number of hydrogen-bond donors (Lipinski definition) is 2. The molecule has 0 radical (unpaired) electrons. The highest BCUT2D eigenvalue weighted by molar-refractivity contribution is 6.30. The van der Waals surface area contributed by atoms with Crippen molar-refractivity contribution >= 4 is 17.6 Å². The van der Waals surface area contributed by atoms with Crippen molar-refractivity contribution in [2.75, 3.05) is 46.4 Å². The molecule has 5 nitrogen and oxygen atoms in total. The van der Waals surface area contributed by atoms with Crippen LogP contribution in [0, 0.1) is 5.92 Å². The first-order valence-electron chi connectivity index (χ1n) is 10.7. The summed E-state index contributed by atoms with van der Waals surface area (Å²) in [6, 6.07) is 8.81. The smallest absolute Gasteiger partial charge is 0.191 e. The molecule has 0 amide bonds. The molecule has 1 saturated carbocycles. The minimum absolute atomic E-state index is 0.217. The average Bonchev–Trinajstić information content (AvgIpc) is 3.34. The van der Waals surface area contributed by atoms with Crippen LogP contribution in [0.3, 0.4) is 0 Å². The van der Waals surface area contributed by atoms with E-state index in [0.717, 1.165) is 49.7 Å². The van der Waals surface area contributed by atoms with E-state index < -0.39 is 0 Å². The number of benzene rings is 1. The van der Waals surface area contributed by atoms with E-state index in [2.05, 4.69) is 38.7 Å². The summed E-state index contributed by atoms with van der Waals surface area (Å²) < 4.78 is 5.51. The highest BCUT2D eigenvalue weighted by Crippen LogP contribution is 2.48. The van der Waals surface area contributed by atoms with Crippen LogP contribution in [-0.2, 0) is 10.2 Å². The number of nitrogens with zero attached hydrogens (tertiary/aromatic N) is 2. The number of likely N-dealkylation sites (tertiary alicyclic amines) is 1. The first-order valence-corrected chi connectivity index (χ1v) is 11.1. The average molecular weight is 405 g/mol. The van der Waals surface area contributed by atoms with Crippen LogP contribution in [0.2, 0.25) is 5.02 Å². The summed E-state index contributed by atoms with van der Waals surface area (Å²) >= 11 is 6.20. The Kier molecular flexibility index (Phi) is 6.44. The zero-order chi connectivity index (χ0) is 19.4. The fraction of sp³-hybridized carbons (Fsp3) is 0.682. The molecule has 1 aromatic carbocycles. The molecular weight excluding hydrogens is 372 g/mol. The lowest BCUT2D eigenvalue weighted by Gasteiger charge is -2.34. The Morgan fingerprint density at radius 2 is 2.11 bits per heavy atom. The maximum Gasteiger partial charge on any atom is 0.191 e. The molecule has 154 valence electrons. The van der Waals surface area contributed by atoms with Gasteiger partial charge in [0.1, 0.15) is 0 Å². The van der Waals surface area contributed by atoms with Gasteiger partial charge in [-0.05, 0) is 55.7 Å². The Hall–Kier alpha value is -1.30. The molecule has 1 atom stereocenters. The lowest BCUT2D eigenvalue weighted by Crippen LogP contribution is -2.50. The van der Waals surface area contributed by atoms with Crippen molar-refractivity contribution in [3.05, 3.63) is 34.9 Å². The molecule has 2 heterocycles.